The first kappa shape index (κ1) is 12.9. The number of aromatic nitrogens is 1. The van der Waals surface area contributed by atoms with Crippen LogP contribution in [0.3, 0.4) is 0 Å². The Bertz CT molecular complexity index is 543. The molecule has 18 heavy (non-hydrogen) atoms. The molecule has 1 N–H and O–H groups in total. The summed E-state index contributed by atoms with van der Waals surface area (Å²) in [6, 6.07) is 7.89. The van der Waals surface area contributed by atoms with Crippen LogP contribution < -0.4 is 10.1 Å². The molecule has 3 nitrogen and oxygen atoms in total. The number of hydrogen-bond donors (Lipinski definition) is 1. The minimum absolute atomic E-state index is 0.566. The first-order chi connectivity index (χ1) is 8.69. The molecule has 2 aromatic rings. The summed E-state index contributed by atoms with van der Waals surface area (Å²) in [7, 11) is 1.92. The van der Waals surface area contributed by atoms with Crippen molar-refractivity contribution in [2.45, 2.75) is 13.5 Å². The van der Waals surface area contributed by atoms with Gasteiger partial charge in [-0.15, -0.1) is 0 Å². The zero-order valence-electron chi connectivity index (χ0n) is 10.4. The molecule has 0 aliphatic rings. The van der Waals surface area contributed by atoms with Gasteiger partial charge >= 0.3 is 0 Å². The molecule has 0 aliphatic heterocycles. The van der Waals surface area contributed by atoms with E-state index in [9.17, 15) is 0 Å². The lowest BCUT2D eigenvalue weighted by molar-refractivity contribution is 0.475. The van der Waals surface area contributed by atoms with E-state index in [-0.39, 0.29) is 0 Å². The van der Waals surface area contributed by atoms with Crippen LogP contribution in [0.15, 0.2) is 36.7 Å². The average molecular weight is 263 g/mol. The lowest BCUT2D eigenvalue weighted by Crippen LogP contribution is -2.05. The Morgan fingerprint density at radius 1 is 1.28 bits per heavy atom. The minimum atomic E-state index is 0.566. The van der Waals surface area contributed by atoms with E-state index >= 15 is 0 Å². The van der Waals surface area contributed by atoms with Crippen molar-refractivity contribution in [3.8, 4) is 11.5 Å². The van der Waals surface area contributed by atoms with Gasteiger partial charge in [0.15, 0.2) is 0 Å². The van der Waals surface area contributed by atoms with Crippen molar-refractivity contribution in [1.29, 1.82) is 0 Å². The highest BCUT2D eigenvalue weighted by molar-refractivity contribution is 6.30. The van der Waals surface area contributed by atoms with E-state index in [1.807, 2.05) is 26.1 Å². The number of halogens is 1. The third-order valence-corrected chi connectivity index (χ3v) is 2.75. The highest BCUT2D eigenvalue weighted by Crippen LogP contribution is 2.27. The molecular weight excluding hydrogens is 248 g/mol. The van der Waals surface area contributed by atoms with Crippen molar-refractivity contribution < 1.29 is 4.74 Å². The maximum Gasteiger partial charge on any atom is 0.147 e. The number of nitrogens with zero attached hydrogens (tertiary/aromatic N) is 1. The minimum Gasteiger partial charge on any atom is -0.455 e. The summed E-state index contributed by atoms with van der Waals surface area (Å²) in [5, 5.41) is 3.68. The fraction of sp³-hybridized carbons (Fsp3) is 0.214. The summed E-state index contributed by atoms with van der Waals surface area (Å²) < 4.78 is 5.80. The molecule has 0 unspecified atom stereocenters. The summed E-state index contributed by atoms with van der Waals surface area (Å²) in [5.74, 6) is 1.47. The zero-order valence-corrected chi connectivity index (χ0v) is 11.2. The molecule has 0 radical (unpaired) electrons. The number of rotatable bonds is 4. The molecule has 0 fully saturated rings. The fourth-order valence-corrected chi connectivity index (χ4v) is 1.81. The molecule has 0 spiro atoms. The van der Waals surface area contributed by atoms with E-state index in [4.69, 9.17) is 16.3 Å². The maximum atomic E-state index is 5.88. The number of aryl methyl sites for hydroxylation is 1. The number of hydrogen-bond acceptors (Lipinski definition) is 3. The topological polar surface area (TPSA) is 34.1 Å². The normalized spacial score (nSPS) is 10.4. The zero-order chi connectivity index (χ0) is 13.0. The van der Waals surface area contributed by atoms with Crippen molar-refractivity contribution in [2.24, 2.45) is 0 Å². The second-order valence-electron chi connectivity index (χ2n) is 4.07. The van der Waals surface area contributed by atoms with Gasteiger partial charge in [-0.2, -0.15) is 0 Å². The van der Waals surface area contributed by atoms with E-state index in [0.29, 0.717) is 10.8 Å². The molecule has 0 atom stereocenters. The van der Waals surface area contributed by atoms with Gasteiger partial charge in [-0.3, -0.25) is 4.98 Å². The summed E-state index contributed by atoms with van der Waals surface area (Å²) in [6.07, 6.45) is 3.23. The Morgan fingerprint density at radius 2 is 2.11 bits per heavy atom. The molecule has 0 bridgehead atoms. The van der Waals surface area contributed by atoms with Crippen LogP contribution in [0.1, 0.15) is 11.1 Å². The van der Waals surface area contributed by atoms with Gasteiger partial charge in [0, 0.05) is 18.8 Å². The van der Waals surface area contributed by atoms with E-state index in [1.165, 1.54) is 5.56 Å². The van der Waals surface area contributed by atoms with Crippen LogP contribution in [0, 0.1) is 6.92 Å². The Labute approximate surface area is 112 Å². The SMILES string of the molecule is CNCc1ccc(C)c(Oc2cncc(Cl)c2)c1. The predicted molar refractivity (Wildman–Crippen MR) is 73.3 cm³/mol. The average Bonchev–Trinajstić information content (AvgIpc) is 2.34. The number of benzene rings is 1. The fourth-order valence-electron chi connectivity index (χ4n) is 1.64. The maximum absolute atomic E-state index is 5.88. The molecule has 0 saturated carbocycles. The highest BCUT2D eigenvalue weighted by Gasteiger charge is 2.04. The molecule has 0 amide bonds. The number of nitrogens with one attached hydrogen (secondary N) is 1. The number of pyridine rings is 1. The molecule has 94 valence electrons. The van der Waals surface area contributed by atoms with Gasteiger partial charge in [0.1, 0.15) is 11.5 Å². The van der Waals surface area contributed by atoms with Gasteiger partial charge in [0.05, 0.1) is 11.2 Å². The third-order valence-electron chi connectivity index (χ3n) is 2.54. The van der Waals surface area contributed by atoms with Gasteiger partial charge in [-0.25, -0.2) is 0 Å². The van der Waals surface area contributed by atoms with Crippen LogP contribution in [0.5, 0.6) is 11.5 Å². The first-order valence-corrected chi connectivity index (χ1v) is 6.09. The molecule has 0 aliphatic carbocycles. The molecule has 2 rings (SSSR count). The molecule has 1 aromatic carbocycles. The summed E-state index contributed by atoms with van der Waals surface area (Å²) in [6.45, 7) is 2.82. The van der Waals surface area contributed by atoms with Gasteiger partial charge in [0.2, 0.25) is 0 Å². The molecule has 4 heteroatoms. The van der Waals surface area contributed by atoms with Crippen LogP contribution in [0.4, 0.5) is 0 Å². The smallest absolute Gasteiger partial charge is 0.147 e. The Hall–Kier alpha value is -1.58. The van der Waals surface area contributed by atoms with Crippen LogP contribution in [-0.4, -0.2) is 12.0 Å². The molecular formula is C14H15ClN2O. The van der Waals surface area contributed by atoms with Crippen LogP contribution in [0.2, 0.25) is 5.02 Å². The Morgan fingerprint density at radius 3 is 2.83 bits per heavy atom. The highest BCUT2D eigenvalue weighted by atomic mass is 35.5. The van der Waals surface area contributed by atoms with Gasteiger partial charge < -0.3 is 10.1 Å². The second-order valence-corrected chi connectivity index (χ2v) is 4.51. The quantitative estimate of drug-likeness (QED) is 0.915. The van der Waals surface area contributed by atoms with Crippen molar-refractivity contribution in [1.82, 2.24) is 10.3 Å². The van der Waals surface area contributed by atoms with Crippen LogP contribution >= 0.6 is 11.6 Å². The third kappa shape index (κ3) is 3.22. The van der Waals surface area contributed by atoms with Crippen molar-refractivity contribution in [3.63, 3.8) is 0 Å². The van der Waals surface area contributed by atoms with Crippen LogP contribution in [-0.2, 0) is 6.54 Å². The lowest BCUT2D eigenvalue weighted by Gasteiger charge is -2.10. The lowest BCUT2D eigenvalue weighted by atomic mass is 10.1. The van der Waals surface area contributed by atoms with E-state index in [2.05, 4.69) is 16.4 Å². The van der Waals surface area contributed by atoms with Crippen molar-refractivity contribution in [3.05, 3.63) is 52.8 Å². The standard InChI is InChI=1S/C14H15ClN2O/c1-10-3-4-11(7-16-2)5-14(10)18-13-6-12(15)8-17-9-13/h3-6,8-9,16H,7H2,1-2H3. The van der Waals surface area contributed by atoms with Gasteiger partial charge in [-0.05, 0) is 31.2 Å². The second kappa shape index (κ2) is 5.85. The largest absolute Gasteiger partial charge is 0.455 e. The van der Waals surface area contributed by atoms with Gasteiger partial charge in [0.25, 0.3) is 0 Å². The van der Waals surface area contributed by atoms with Crippen molar-refractivity contribution in [2.75, 3.05) is 7.05 Å². The monoisotopic (exact) mass is 262 g/mol. The summed E-state index contributed by atoms with van der Waals surface area (Å²) in [4.78, 5) is 4.00. The van der Waals surface area contributed by atoms with E-state index in [1.54, 1.807) is 18.5 Å². The molecule has 0 saturated heterocycles. The molecule has 1 heterocycles. The van der Waals surface area contributed by atoms with Crippen molar-refractivity contribution >= 4 is 11.6 Å². The van der Waals surface area contributed by atoms with E-state index in [0.717, 1.165) is 17.9 Å². The first-order valence-electron chi connectivity index (χ1n) is 5.71. The summed E-state index contributed by atoms with van der Waals surface area (Å²) >= 11 is 5.88. The number of ether oxygens (including phenoxy) is 1. The van der Waals surface area contributed by atoms with Gasteiger partial charge in [-0.1, -0.05) is 23.7 Å². The van der Waals surface area contributed by atoms with Crippen LogP contribution in [0.25, 0.3) is 0 Å². The summed E-state index contributed by atoms with van der Waals surface area (Å²) in [5.41, 5.74) is 2.25. The Kier molecular flexibility index (Phi) is 4.18. The molecule has 1 aromatic heterocycles. The van der Waals surface area contributed by atoms with E-state index < -0.39 is 0 Å². The Balaban J connectivity index is 2.25. The predicted octanol–water partition coefficient (Wildman–Crippen LogP) is 3.56.